The molecule has 124 valence electrons. The Kier molecular flexibility index (Phi) is 7.51. The zero-order valence-electron chi connectivity index (χ0n) is 14.3. The van der Waals surface area contributed by atoms with Crippen molar-refractivity contribution in [1.82, 2.24) is 0 Å². The highest BCUT2D eigenvalue weighted by atomic mass is 16.3. The summed E-state index contributed by atoms with van der Waals surface area (Å²) in [5.74, 6) is 0.733. The van der Waals surface area contributed by atoms with Crippen LogP contribution in [0.3, 0.4) is 0 Å². The van der Waals surface area contributed by atoms with Crippen LogP contribution >= 0.6 is 0 Å². The lowest BCUT2D eigenvalue weighted by molar-refractivity contribution is 0.513. The van der Waals surface area contributed by atoms with Gasteiger partial charge in [-0.05, 0) is 68.2 Å². The Morgan fingerprint density at radius 2 is 1.78 bits per heavy atom. The number of rotatable bonds is 10. The molecule has 2 rings (SSSR count). The molecule has 0 spiro atoms. The Hall–Kier alpha value is -1.96. The van der Waals surface area contributed by atoms with Crippen molar-refractivity contribution in [2.75, 3.05) is 0 Å². The molecule has 0 radical (unpaired) electrons. The lowest BCUT2D eigenvalue weighted by Crippen LogP contribution is -1.94. The van der Waals surface area contributed by atoms with E-state index in [1.165, 1.54) is 29.5 Å². The molecule has 0 unspecified atom stereocenters. The molecular weight excluding hydrogens is 284 g/mol. The Labute approximate surface area is 139 Å². The van der Waals surface area contributed by atoms with Crippen LogP contribution in [0.4, 0.5) is 0 Å². The molecular formula is C21H28O2. The summed E-state index contributed by atoms with van der Waals surface area (Å²) in [4.78, 5) is 0. The van der Waals surface area contributed by atoms with E-state index in [1.54, 1.807) is 12.5 Å². The predicted molar refractivity (Wildman–Crippen MR) is 95.4 cm³/mol. The maximum atomic E-state index is 5.10. The molecule has 0 bridgehead atoms. The fraction of sp³-hybridized carbons (Fsp3) is 0.429. The second-order valence-electron chi connectivity index (χ2n) is 6.39. The molecule has 2 nitrogen and oxygen atoms in total. The van der Waals surface area contributed by atoms with Gasteiger partial charge in [-0.2, -0.15) is 0 Å². The quantitative estimate of drug-likeness (QED) is 0.477. The van der Waals surface area contributed by atoms with Crippen LogP contribution in [-0.4, -0.2) is 0 Å². The smallest absolute Gasteiger partial charge is 0.0934 e. The summed E-state index contributed by atoms with van der Waals surface area (Å²) in [6.45, 7) is 4.51. The van der Waals surface area contributed by atoms with Crippen LogP contribution in [0.25, 0.3) is 0 Å². The third-order valence-corrected chi connectivity index (χ3v) is 4.14. The number of hydrogen-bond acceptors (Lipinski definition) is 2. The highest BCUT2D eigenvalue weighted by Gasteiger charge is 2.01. The van der Waals surface area contributed by atoms with Gasteiger partial charge in [-0.1, -0.05) is 37.1 Å². The fourth-order valence-corrected chi connectivity index (χ4v) is 2.66. The van der Waals surface area contributed by atoms with Crippen molar-refractivity contribution in [2.45, 2.75) is 52.4 Å². The van der Waals surface area contributed by atoms with Crippen molar-refractivity contribution in [2.24, 2.45) is 5.92 Å². The van der Waals surface area contributed by atoms with E-state index in [-0.39, 0.29) is 0 Å². The van der Waals surface area contributed by atoms with Crippen molar-refractivity contribution >= 4 is 0 Å². The largest absolute Gasteiger partial charge is 0.472 e. The van der Waals surface area contributed by atoms with Gasteiger partial charge in [0, 0.05) is 0 Å². The summed E-state index contributed by atoms with van der Waals surface area (Å²) in [5, 5.41) is 0. The molecule has 0 fully saturated rings. The minimum Gasteiger partial charge on any atom is -0.472 e. The highest BCUT2D eigenvalue weighted by Crippen LogP contribution is 2.15. The van der Waals surface area contributed by atoms with Crippen molar-refractivity contribution in [3.05, 3.63) is 72.1 Å². The first-order valence-corrected chi connectivity index (χ1v) is 8.59. The Balaban J connectivity index is 1.58. The summed E-state index contributed by atoms with van der Waals surface area (Å²) in [6.07, 6.45) is 20.9. The van der Waals surface area contributed by atoms with E-state index in [0.717, 1.165) is 31.6 Å². The molecule has 0 amide bonds. The van der Waals surface area contributed by atoms with E-state index in [9.17, 15) is 0 Å². The Morgan fingerprint density at radius 1 is 1.09 bits per heavy atom. The van der Waals surface area contributed by atoms with Gasteiger partial charge in [0.25, 0.3) is 0 Å². The maximum absolute atomic E-state index is 5.10. The SMILES string of the molecule is CC(C=CC[C@H](C)CCCc1ccoc1)=CCCc1ccoc1. The van der Waals surface area contributed by atoms with Gasteiger partial charge in [0.2, 0.25) is 0 Å². The summed E-state index contributed by atoms with van der Waals surface area (Å²) >= 11 is 0. The molecule has 0 aliphatic heterocycles. The normalized spacial score (nSPS) is 13.7. The first-order chi connectivity index (χ1) is 11.2. The number of allylic oxidation sites excluding steroid dienone is 4. The van der Waals surface area contributed by atoms with Gasteiger partial charge in [0.1, 0.15) is 0 Å². The molecule has 0 saturated carbocycles. The zero-order valence-corrected chi connectivity index (χ0v) is 14.3. The average molecular weight is 312 g/mol. The Bertz CT molecular complexity index is 573. The molecule has 0 saturated heterocycles. The second kappa shape index (κ2) is 9.94. The fourth-order valence-electron chi connectivity index (χ4n) is 2.66. The number of hydrogen-bond donors (Lipinski definition) is 0. The molecule has 0 aliphatic carbocycles. The molecule has 23 heavy (non-hydrogen) atoms. The molecule has 2 heteroatoms. The summed E-state index contributed by atoms with van der Waals surface area (Å²) < 4.78 is 10.2. The van der Waals surface area contributed by atoms with Crippen LogP contribution in [0.15, 0.2) is 69.8 Å². The van der Waals surface area contributed by atoms with Crippen LogP contribution < -0.4 is 0 Å². The van der Waals surface area contributed by atoms with Crippen LogP contribution in [0.1, 0.15) is 50.7 Å². The molecule has 2 aromatic heterocycles. The van der Waals surface area contributed by atoms with E-state index < -0.39 is 0 Å². The molecule has 2 aromatic rings. The maximum Gasteiger partial charge on any atom is 0.0934 e. The van der Waals surface area contributed by atoms with Crippen molar-refractivity contribution < 1.29 is 8.83 Å². The van der Waals surface area contributed by atoms with Gasteiger partial charge < -0.3 is 8.83 Å². The van der Waals surface area contributed by atoms with Crippen molar-refractivity contribution in [3.63, 3.8) is 0 Å². The summed E-state index contributed by atoms with van der Waals surface area (Å²) in [7, 11) is 0. The van der Waals surface area contributed by atoms with E-state index in [0.29, 0.717) is 0 Å². The van der Waals surface area contributed by atoms with Gasteiger partial charge >= 0.3 is 0 Å². The van der Waals surface area contributed by atoms with Gasteiger partial charge in [-0.15, -0.1) is 0 Å². The average Bonchev–Trinajstić information content (AvgIpc) is 3.20. The van der Waals surface area contributed by atoms with Crippen molar-refractivity contribution in [1.29, 1.82) is 0 Å². The third-order valence-electron chi connectivity index (χ3n) is 4.14. The van der Waals surface area contributed by atoms with Crippen LogP contribution in [0.5, 0.6) is 0 Å². The van der Waals surface area contributed by atoms with Gasteiger partial charge in [0.15, 0.2) is 0 Å². The van der Waals surface area contributed by atoms with Crippen LogP contribution in [0.2, 0.25) is 0 Å². The third kappa shape index (κ3) is 7.23. The minimum absolute atomic E-state index is 0.733. The standard InChI is InChI=1S/C21H28O2/c1-18(8-4-10-20-12-14-22-16-20)6-3-7-19(2)9-5-11-21-13-15-23-17-21/h3,6,8,12-17,19H,4-5,7,9-11H2,1-2H3/t19-/m0/s1. The lowest BCUT2D eigenvalue weighted by Gasteiger charge is -2.07. The first kappa shape index (κ1) is 17.4. The van der Waals surface area contributed by atoms with E-state index in [4.69, 9.17) is 8.83 Å². The van der Waals surface area contributed by atoms with E-state index >= 15 is 0 Å². The summed E-state index contributed by atoms with van der Waals surface area (Å²) in [5.41, 5.74) is 3.92. The molecule has 0 aliphatic rings. The lowest BCUT2D eigenvalue weighted by atomic mass is 9.98. The highest BCUT2D eigenvalue weighted by molar-refractivity contribution is 5.17. The number of aryl methyl sites for hydroxylation is 2. The Morgan fingerprint density at radius 3 is 2.43 bits per heavy atom. The predicted octanol–water partition coefficient (Wildman–Crippen LogP) is 6.36. The minimum atomic E-state index is 0.733. The van der Waals surface area contributed by atoms with Gasteiger partial charge in [-0.3, -0.25) is 0 Å². The van der Waals surface area contributed by atoms with E-state index in [2.05, 4.69) is 38.1 Å². The van der Waals surface area contributed by atoms with Crippen molar-refractivity contribution in [3.8, 4) is 0 Å². The van der Waals surface area contributed by atoms with Crippen LogP contribution in [0, 0.1) is 5.92 Å². The van der Waals surface area contributed by atoms with Crippen LogP contribution in [-0.2, 0) is 12.8 Å². The first-order valence-electron chi connectivity index (χ1n) is 8.59. The summed E-state index contributed by atoms with van der Waals surface area (Å²) in [6, 6.07) is 4.09. The molecule has 2 heterocycles. The number of furan rings is 2. The van der Waals surface area contributed by atoms with E-state index in [1.807, 2.05) is 18.6 Å². The second-order valence-corrected chi connectivity index (χ2v) is 6.39. The van der Waals surface area contributed by atoms with Gasteiger partial charge in [0.05, 0.1) is 25.1 Å². The molecule has 0 aromatic carbocycles. The zero-order chi connectivity index (χ0) is 16.3. The van der Waals surface area contributed by atoms with Gasteiger partial charge in [-0.25, -0.2) is 0 Å². The molecule has 1 atom stereocenters. The molecule has 0 N–H and O–H groups in total. The monoisotopic (exact) mass is 312 g/mol. The topological polar surface area (TPSA) is 26.3 Å².